The van der Waals surface area contributed by atoms with E-state index >= 15 is 0 Å². The number of pyridine rings is 1. The quantitative estimate of drug-likeness (QED) is 0.932. The van der Waals surface area contributed by atoms with Crippen molar-refractivity contribution >= 4 is 5.82 Å². The maximum atomic E-state index is 8.81. The van der Waals surface area contributed by atoms with E-state index in [0.717, 1.165) is 24.5 Å². The number of rotatable bonds is 4. The molecule has 1 N–H and O–H groups in total. The number of aromatic nitrogens is 1. The molecule has 1 aromatic carbocycles. The van der Waals surface area contributed by atoms with Crippen LogP contribution in [0.15, 0.2) is 36.4 Å². The van der Waals surface area contributed by atoms with Gasteiger partial charge in [0.25, 0.3) is 0 Å². The fraction of sp³-hybridized carbons (Fsp3) is 0.250. The molecular formula is C16H15N3O2. The molecule has 0 radical (unpaired) electrons. The van der Waals surface area contributed by atoms with Gasteiger partial charge in [0.2, 0.25) is 0 Å². The zero-order chi connectivity index (χ0) is 14.5. The van der Waals surface area contributed by atoms with Gasteiger partial charge >= 0.3 is 0 Å². The van der Waals surface area contributed by atoms with E-state index in [4.69, 9.17) is 14.7 Å². The molecule has 1 aliphatic heterocycles. The highest BCUT2D eigenvalue weighted by Crippen LogP contribution is 2.30. The second-order valence-electron chi connectivity index (χ2n) is 4.67. The fourth-order valence-electron chi connectivity index (χ4n) is 2.17. The number of fused-ring (bicyclic) bond motifs is 1. The molecule has 0 bridgehead atoms. The summed E-state index contributed by atoms with van der Waals surface area (Å²) in [7, 11) is 0. The van der Waals surface area contributed by atoms with Crippen LogP contribution in [0.5, 0.6) is 11.5 Å². The van der Waals surface area contributed by atoms with E-state index in [9.17, 15) is 0 Å². The van der Waals surface area contributed by atoms with Gasteiger partial charge in [-0.1, -0.05) is 12.1 Å². The molecule has 1 aliphatic rings. The monoisotopic (exact) mass is 281 g/mol. The lowest BCUT2D eigenvalue weighted by Crippen LogP contribution is -2.15. The van der Waals surface area contributed by atoms with Crippen LogP contribution in [0.2, 0.25) is 0 Å². The van der Waals surface area contributed by atoms with Crippen molar-refractivity contribution in [3.05, 3.63) is 47.7 Å². The number of nitrogens with zero attached hydrogens (tertiary/aromatic N) is 2. The Labute approximate surface area is 123 Å². The number of nitrogens with one attached hydrogen (secondary N) is 1. The van der Waals surface area contributed by atoms with Crippen LogP contribution in [0.25, 0.3) is 0 Å². The minimum Gasteiger partial charge on any atom is -0.486 e. The van der Waals surface area contributed by atoms with Gasteiger partial charge in [-0.25, -0.2) is 4.98 Å². The lowest BCUT2D eigenvalue weighted by molar-refractivity contribution is 0.171. The van der Waals surface area contributed by atoms with E-state index in [0.29, 0.717) is 24.7 Å². The van der Waals surface area contributed by atoms with Crippen LogP contribution in [0, 0.1) is 11.3 Å². The van der Waals surface area contributed by atoms with Crippen LogP contribution in [0.1, 0.15) is 11.3 Å². The van der Waals surface area contributed by atoms with E-state index in [-0.39, 0.29) is 0 Å². The SMILES string of the molecule is N#Cc1cccc(NCCc2ccc3c(c2)OCCO3)n1. The molecule has 0 atom stereocenters. The summed E-state index contributed by atoms with van der Waals surface area (Å²) >= 11 is 0. The molecule has 0 unspecified atom stereocenters. The van der Waals surface area contributed by atoms with Crippen molar-refractivity contribution in [2.75, 3.05) is 25.1 Å². The summed E-state index contributed by atoms with van der Waals surface area (Å²) < 4.78 is 11.1. The fourth-order valence-corrected chi connectivity index (χ4v) is 2.17. The van der Waals surface area contributed by atoms with Crippen LogP contribution >= 0.6 is 0 Å². The summed E-state index contributed by atoms with van der Waals surface area (Å²) in [5.41, 5.74) is 1.59. The first kappa shape index (κ1) is 13.3. The molecule has 0 aliphatic carbocycles. The van der Waals surface area contributed by atoms with Crippen LogP contribution < -0.4 is 14.8 Å². The lowest BCUT2D eigenvalue weighted by Gasteiger charge is -2.18. The third kappa shape index (κ3) is 3.23. The predicted molar refractivity (Wildman–Crippen MR) is 78.6 cm³/mol. The van der Waals surface area contributed by atoms with Crippen molar-refractivity contribution in [3.8, 4) is 17.6 Å². The van der Waals surface area contributed by atoms with Gasteiger partial charge in [-0.3, -0.25) is 0 Å². The highest BCUT2D eigenvalue weighted by Gasteiger charge is 2.11. The van der Waals surface area contributed by atoms with Gasteiger partial charge < -0.3 is 14.8 Å². The van der Waals surface area contributed by atoms with Crippen molar-refractivity contribution in [1.29, 1.82) is 5.26 Å². The third-order valence-electron chi connectivity index (χ3n) is 3.19. The Morgan fingerprint density at radius 1 is 1.14 bits per heavy atom. The second-order valence-corrected chi connectivity index (χ2v) is 4.67. The van der Waals surface area contributed by atoms with Crippen LogP contribution in [-0.2, 0) is 6.42 Å². The first-order valence-electron chi connectivity index (χ1n) is 6.85. The van der Waals surface area contributed by atoms with Crippen LogP contribution in [0.4, 0.5) is 5.82 Å². The number of ether oxygens (including phenoxy) is 2. The molecule has 3 rings (SSSR count). The maximum Gasteiger partial charge on any atom is 0.161 e. The highest BCUT2D eigenvalue weighted by atomic mass is 16.6. The van der Waals surface area contributed by atoms with Crippen molar-refractivity contribution < 1.29 is 9.47 Å². The van der Waals surface area contributed by atoms with E-state index in [1.807, 2.05) is 36.4 Å². The Kier molecular flexibility index (Phi) is 3.88. The minimum absolute atomic E-state index is 0.416. The van der Waals surface area contributed by atoms with Gasteiger partial charge in [-0.05, 0) is 36.2 Å². The molecule has 5 nitrogen and oxygen atoms in total. The van der Waals surface area contributed by atoms with E-state index in [2.05, 4.69) is 10.3 Å². The molecule has 0 spiro atoms. The summed E-state index contributed by atoms with van der Waals surface area (Å²) in [6.07, 6.45) is 0.842. The summed E-state index contributed by atoms with van der Waals surface area (Å²) in [6.45, 7) is 1.94. The van der Waals surface area contributed by atoms with Crippen molar-refractivity contribution in [2.45, 2.75) is 6.42 Å². The summed E-state index contributed by atoms with van der Waals surface area (Å²) in [4.78, 5) is 4.18. The van der Waals surface area contributed by atoms with Crippen molar-refractivity contribution in [2.24, 2.45) is 0 Å². The molecular weight excluding hydrogens is 266 g/mol. The lowest BCUT2D eigenvalue weighted by atomic mass is 10.1. The molecule has 0 amide bonds. The first-order chi connectivity index (χ1) is 10.3. The average molecular weight is 281 g/mol. The molecule has 2 aromatic rings. The van der Waals surface area contributed by atoms with E-state index in [1.165, 1.54) is 5.56 Å². The Morgan fingerprint density at radius 2 is 2.00 bits per heavy atom. The maximum absolute atomic E-state index is 8.81. The number of nitriles is 1. The number of hydrogen-bond acceptors (Lipinski definition) is 5. The van der Waals surface area contributed by atoms with Gasteiger partial charge in [0.1, 0.15) is 30.8 Å². The molecule has 0 saturated heterocycles. The summed E-state index contributed by atoms with van der Waals surface area (Å²) in [5, 5.41) is 12.0. The van der Waals surface area contributed by atoms with Crippen LogP contribution in [-0.4, -0.2) is 24.7 Å². The predicted octanol–water partition coefficient (Wildman–Crippen LogP) is 2.38. The van der Waals surface area contributed by atoms with Gasteiger partial charge in [0.05, 0.1) is 0 Å². The Balaban J connectivity index is 1.59. The Hall–Kier alpha value is -2.74. The summed E-state index contributed by atoms with van der Waals surface area (Å²) in [5.74, 6) is 2.33. The van der Waals surface area contributed by atoms with E-state index < -0.39 is 0 Å². The molecule has 2 heterocycles. The van der Waals surface area contributed by atoms with Crippen LogP contribution in [0.3, 0.4) is 0 Å². The van der Waals surface area contributed by atoms with E-state index in [1.54, 1.807) is 6.07 Å². The molecule has 1 aromatic heterocycles. The zero-order valence-corrected chi connectivity index (χ0v) is 11.5. The average Bonchev–Trinajstić information content (AvgIpc) is 2.55. The Morgan fingerprint density at radius 3 is 2.86 bits per heavy atom. The number of benzene rings is 1. The highest BCUT2D eigenvalue weighted by molar-refractivity contribution is 5.44. The summed E-state index contributed by atoms with van der Waals surface area (Å²) in [6, 6.07) is 13.4. The smallest absolute Gasteiger partial charge is 0.161 e. The molecule has 5 heteroatoms. The Bertz CT molecular complexity index is 679. The number of anilines is 1. The molecule has 0 saturated carbocycles. The molecule has 106 valence electrons. The van der Waals surface area contributed by atoms with Crippen molar-refractivity contribution in [3.63, 3.8) is 0 Å². The molecule has 21 heavy (non-hydrogen) atoms. The topological polar surface area (TPSA) is 67.2 Å². The minimum atomic E-state index is 0.416. The molecule has 0 fully saturated rings. The number of hydrogen-bond donors (Lipinski definition) is 1. The van der Waals surface area contributed by atoms with Gasteiger partial charge in [0, 0.05) is 6.54 Å². The second kappa shape index (κ2) is 6.14. The largest absolute Gasteiger partial charge is 0.486 e. The van der Waals surface area contributed by atoms with Gasteiger partial charge in [0.15, 0.2) is 11.5 Å². The standard InChI is InChI=1S/C16H15N3O2/c17-11-13-2-1-3-16(19-13)18-7-6-12-4-5-14-15(10-12)21-9-8-20-14/h1-5,10H,6-9H2,(H,18,19). The first-order valence-corrected chi connectivity index (χ1v) is 6.85. The van der Waals surface area contributed by atoms with Gasteiger partial charge in [-0.15, -0.1) is 0 Å². The third-order valence-corrected chi connectivity index (χ3v) is 3.19. The zero-order valence-electron chi connectivity index (χ0n) is 11.5. The van der Waals surface area contributed by atoms with Gasteiger partial charge in [-0.2, -0.15) is 5.26 Å². The van der Waals surface area contributed by atoms with Crippen molar-refractivity contribution in [1.82, 2.24) is 4.98 Å². The normalized spacial score (nSPS) is 12.5.